The Morgan fingerprint density at radius 3 is 2.68 bits per heavy atom. The molecule has 28 heavy (non-hydrogen) atoms. The molecular formula is C23H24FNO3. The lowest BCUT2D eigenvalue weighted by Crippen LogP contribution is -2.30. The van der Waals surface area contributed by atoms with E-state index in [1.807, 2.05) is 18.2 Å². The molecule has 4 nitrogen and oxygen atoms in total. The number of benzene rings is 2. The van der Waals surface area contributed by atoms with Crippen LogP contribution in [0.15, 0.2) is 71.3 Å². The Balaban J connectivity index is 1.86. The molecule has 0 unspecified atom stereocenters. The number of hydrogen-bond donors (Lipinski definition) is 0. The summed E-state index contributed by atoms with van der Waals surface area (Å²) in [5.74, 6) is 0.706. The zero-order chi connectivity index (χ0) is 19.8. The molecule has 0 aliphatic carbocycles. The quantitative estimate of drug-likeness (QED) is 0.464. The molecular weight excluding hydrogens is 357 g/mol. The summed E-state index contributed by atoms with van der Waals surface area (Å²) in [7, 11) is 0. The summed E-state index contributed by atoms with van der Waals surface area (Å²) < 4.78 is 24.9. The number of furan rings is 1. The minimum absolute atomic E-state index is 0.187. The highest BCUT2D eigenvalue weighted by Crippen LogP contribution is 2.23. The summed E-state index contributed by atoms with van der Waals surface area (Å²) in [6.07, 6.45) is 3.50. The SMILES string of the molecule is CCCCOc1ccccc1C(=O)N(Cc1cccc(F)c1)Cc1ccco1. The normalized spacial score (nSPS) is 10.6. The molecule has 3 aromatic rings. The molecule has 1 amide bonds. The number of amides is 1. The number of rotatable bonds is 9. The molecule has 2 aromatic carbocycles. The van der Waals surface area contributed by atoms with Crippen molar-refractivity contribution in [3.8, 4) is 5.75 Å². The van der Waals surface area contributed by atoms with Crippen LogP contribution in [0, 0.1) is 5.82 Å². The fraction of sp³-hybridized carbons (Fsp3) is 0.261. The van der Waals surface area contributed by atoms with Gasteiger partial charge >= 0.3 is 0 Å². The van der Waals surface area contributed by atoms with E-state index in [4.69, 9.17) is 9.15 Å². The van der Waals surface area contributed by atoms with Crippen LogP contribution in [0.4, 0.5) is 4.39 Å². The monoisotopic (exact) mass is 381 g/mol. The number of hydrogen-bond acceptors (Lipinski definition) is 3. The largest absolute Gasteiger partial charge is 0.493 e. The Hall–Kier alpha value is -3.08. The molecule has 0 saturated carbocycles. The van der Waals surface area contributed by atoms with E-state index in [1.165, 1.54) is 12.1 Å². The topological polar surface area (TPSA) is 42.7 Å². The summed E-state index contributed by atoms with van der Waals surface area (Å²) in [6, 6.07) is 17.1. The number of ether oxygens (including phenoxy) is 1. The number of carbonyl (C=O) groups excluding carboxylic acids is 1. The first-order valence-corrected chi connectivity index (χ1v) is 9.45. The van der Waals surface area contributed by atoms with Gasteiger partial charge < -0.3 is 14.1 Å². The van der Waals surface area contributed by atoms with Crippen molar-refractivity contribution < 1.29 is 18.3 Å². The number of carbonyl (C=O) groups is 1. The first kappa shape index (κ1) is 19.7. The van der Waals surface area contributed by atoms with E-state index in [9.17, 15) is 9.18 Å². The molecule has 0 aliphatic rings. The van der Waals surface area contributed by atoms with Crippen LogP contribution in [0.1, 0.15) is 41.4 Å². The number of nitrogens with zero attached hydrogens (tertiary/aromatic N) is 1. The maximum atomic E-state index is 13.6. The number of para-hydroxylation sites is 1. The highest BCUT2D eigenvalue weighted by Gasteiger charge is 2.21. The van der Waals surface area contributed by atoms with Crippen LogP contribution in [0.5, 0.6) is 5.75 Å². The van der Waals surface area contributed by atoms with Gasteiger partial charge in [-0.2, -0.15) is 0 Å². The van der Waals surface area contributed by atoms with Crippen molar-refractivity contribution in [3.05, 3.63) is 89.6 Å². The summed E-state index contributed by atoms with van der Waals surface area (Å²) in [5.41, 5.74) is 1.20. The van der Waals surface area contributed by atoms with E-state index >= 15 is 0 Å². The summed E-state index contributed by atoms with van der Waals surface area (Å²) in [6.45, 7) is 3.19. The lowest BCUT2D eigenvalue weighted by molar-refractivity contribution is 0.0713. The summed E-state index contributed by atoms with van der Waals surface area (Å²) in [4.78, 5) is 15.0. The van der Waals surface area contributed by atoms with E-state index in [0.29, 0.717) is 29.2 Å². The van der Waals surface area contributed by atoms with Gasteiger partial charge in [0.05, 0.1) is 25.0 Å². The van der Waals surface area contributed by atoms with Gasteiger partial charge in [0.15, 0.2) is 0 Å². The summed E-state index contributed by atoms with van der Waals surface area (Å²) in [5, 5.41) is 0. The fourth-order valence-corrected chi connectivity index (χ4v) is 2.91. The zero-order valence-corrected chi connectivity index (χ0v) is 15.9. The molecule has 0 radical (unpaired) electrons. The van der Waals surface area contributed by atoms with E-state index in [1.54, 1.807) is 41.5 Å². The second-order valence-corrected chi connectivity index (χ2v) is 6.57. The molecule has 3 rings (SSSR count). The third-order valence-electron chi connectivity index (χ3n) is 4.35. The fourth-order valence-electron chi connectivity index (χ4n) is 2.91. The molecule has 0 atom stereocenters. The van der Waals surface area contributed by atoms with Gasteiger partial charge in [-0.3, -0.25) is 4.79 Å². The van der Waals surface area contributed by atoms with Crippen LogP contribution in [-0.4, -0.2) is 17.4 Å². The smallest absolute Gasteiger partial charge is 0.258 e. The highest BCUT2D eigenvalue weighted by atomic mass is 19.1. The molecule has 1 heterocycles. The van der Waals surface area contributed by atoms with Crippen molar-refractivity contribution >= 4 is 5.91 Å². The molecule has 0 fully saturated rings. The van der Waals surface area contributed by atoms with Crippen LogP contribution in [0.3, 0.4) is 0 Å². The van der Waals surface area contributed by atoms with Gasteiger partial charge in [0, 0.05) is 6.54 Å². The van der Waals surface area contributed by atoms with Gasteiger partial charge in [0.25, 0.3) is 5.91 Å². The van der Waals surface area contributed by atoms with Crippen molar-refractivity contribution in [2.45, 2.75) is 32.9 Å². The van der Waals surface area contributed by atoms with Gasteiger partial charge in [-0.25, -0.2) is 4.39 Å². The molecule has 0 N–H and O–H groups in total. The molecule has 0 aliphatic heterocycles. The van der Waals surface area contributed by atoms with E-state index in [2.05, 4.69) is 6.92 Å². The van der Waals surface area contributed by atoms with E-state index < -0.39 is 0 Å². The number of halogens is 1. The summed E-state index contributed by atoms with van der Waals surface area (Å²) >= 11 is 0. The van der Waals surface area contributed by atoms with Gasteiger partial charge in [-0.1, -0.05) is 37.6 Å². The predicted octanol–water partition coefficient (Wildman–Crippen LogP) is 5.44. The zero-order valence-electron chi connectivity index (χ0n) is 15.9. The van der Waals surface area contributed by atoms with Crippen LogP contribution < -0.4 is 4.74 Å². The van der Waals surface area contributed by atoms with E-state index in [0.717, 1.165) is 12.8 Å². The van der Waals surface area contributed by atoms with Gasteiger partial charge in [-0.05, 0) is 48.4 Å². The molecule has 0 saturated heterocycles. The van der Waals surface area contributed by atoms with Gasteiger partial charge in [-0.15, -0.1) is 0 Å². The minimum Gasteiger partial charge on any atom is -0.493 e. The maximum Gasteiger partial charge on any atom is 0.258 e. The van der Waals surface area contributed by atoms with Crippen molar-refractivity contribution in [2.24, 2.45) is 0 Å². The first-order chi connectivity index (χ1) is 13.7. The molecule has 5 heteroatoms. The molecule has 1 aromatic heterocycles. The lowest BCUT2D eigenvalue weighted by Gasteiger charge is -2.23. The lowest BCUT2D eigenvalue weighted by atomic mass is 10.1. The van der Waals surface area contributed by atoms with E-state index in [-0.39, 0.29) is 24.8 Å². The first-order valence-electron chi connectivity index (χ1n) is 9.45. The van der Waals surface area contributed by atoms with Crippen molar-refractivity contribution in [1.29, 1.82) is 0 Å². The minimum atomic E-state index is -0.328. The van der Waals surface area contributed by atoms with Gasteiger partial charge in [0.1, 0.15) is 17.3 Å². The van der Waals surface area contributed by atoms with Crippen LogP contribution in [-0.2, 0) is 13.1 Å². The molecule has 0 bridgehead atoms. The average molecular weight is 381 g/mol. The second-order valence-electron chi connectivity index (χ2n) is 6.57. The Labute approximate surface area is 164 Å². The molecule has 0 spiro atoms. The Morgan fingerprint density at radius 2 is 1.93 bits per heavy atom. The van der Waals surface area contributed by atoms with Crippen LogP contribution in [0.25, 0.3) is 0 Å². The van der Waals surface area contributed by atoms with Crippen LogP contribution in [0.2, 0.25) is 0 Å². The van der Waals surface area contributed by atoms with Crippen molar-refractivity contribution in [3.63, 3.8) is 0 Å². The average Bonchev–Trinajstić information content (AvgIpc) is 3.21. The third-order valence-corrected chi connectivity index (χ3v) is 4.35. The van der Waals surface area contributed by atoms with Crippen molar-refractivity contribution in [1.82, 2.24) is 4.90 Å². The number of unbranched alkanes of at least 4 members (excludes halogenated alkanes) is 1. The Morgan fingerprint density at radius 1 is 1.07 bits per heavy atom. The maximum absolute atomic E-state index is 13.6. The van der Waals surface area contributed by atoms with Gasteiger partial charge in [0.2, 0.25) is 0 Å². The second kappa shape index (κ2) is 9.74. The van der Waals surface area contributed by atoms with Crippen molar-refractivity contribution in [2.75, 3.05) is 6.61 Å². The predicted molar refractivity (Wildman–Crippen MR) is 106 cm³/mol. The standard InChI is InChI=1S/C23H24FNO3/c1-2-3-13-28-22-12-5-4-11-21(22)23(26)25(17-20-10-7-14-27-20)16-18-8-6-9-19(24)15-18/h4-12,14-15H,2-3,13,16-17H2,1H3. The Kier molecular flexibility index (Phi) is 6.84. The Bertz CT molecular complexity index is 892. The highest BCUT2D eigenvalue weighted by molar-refractivity contribution is 5.96. The molecule has 146 valence electrons. The third kappa shape index (κ3) is 5.22. The van der Waals surface area contributed by atoms with Crippen LogP contribution >= 0.6 is 0 Å².